The van der Waals surface area contributed by atoms with Crippen molar-refractivity contribution in [3.8, 4) is 11.5 Å². The number of hydrogen-bond donors (Lipinski definition) is 2. The van der Waals surface area contributed by atoms with Crippen LogP contribution in [0, 0.1) is 6.92 Å². The smallest absolute Gasteiger partial charge is 0.325 e. The Morgan fingerprint density at radius 1 is 0.971 bits per heavy atom. The molecule has 0 spiro atoms. The zero-order valence-corrected chi connectivity index (χ0v) is 21.3. The molecule has 7 nitrogen and oxygen atoms in total. The normalized spacial score (nSPS) is 9.74. The van der Waals surface area contributed by atoms with Crippen molar-refractivity contribution in [3.05, 3.63) is 72.1 Å². The van der Waals surface area contributed by atoms with Crippen molar-refractivity contribution in [3.63, 3.8) is 0 Å². The summed E-state index contributed by atoms with van der Waals surface area (Å²) in [6, 6.07) is 15.5. The molecule has 1 aromatic heterocycles. The maximum absolute atomic E-state index is 11.5. The minimum atomic E-state index is -0.376. The number of esters is 1. The van der Waals surface area contributed by atoms with Crippen molar-refractivity contribution in [1.82, 2.24) is 15.8 Å². The number of aryl methyl sites for hydroxylation is 1. The lowest BCUT2D eigenvalue weighted by atomic mass is 10.0. The summed E-state index contributed by atoms with van der Waals surface area (Å²) in [6.07, 6.45) is 0. The van der Waals surface area contributed by atoms with Gasteiger partial charge in [-0.05, 0) is 42.1 Å². The van der Waals surface area contributed by atoms with Crippen LogP contribution in [0.3, 0.4) is 0 Å². The fourth-order valence-corrected chi connectivity index (χ4v) is 3.09. The molecule has 0 unspecified atom stereocenters. The first-order valence-corrected chi connectivity index (χ1v) is 11.5. The molecule has 1 heterocycles. The standard InChI is InChI=1S/C23H25N3O4.2C2H6/c1-15-19-11-10-18(30-17-8-6-5-7-9-17)12-20(19)21(13-25-29-4)26-23(15)16(2)24-14-22(27)28-3;2*1-2/h5-12,24-25H,2,13-14H2,1,3-4H3;2*1-2H3. The lowest BCUT2D eigenvalue weighted by Gasteiger charge is -2.17. The van der Waals surface area contributed by atoms with Crippen LogP contribution in [0.4, 0.5) is 0 Å². The number of nitrogens with zero attached hydrogens (tertiary/aromatic N) is 1. The maximum atomic E-state index is 11.5. The predicted molar refractivity (Wildman–Crippen MR) is 139 cm³/mol. The highest BCUT2D eigenvalue weighted by atomic mass is 16.6. The van der Waals surface area contributed by atoms with E-state index in [0.29, 0.717) is 23.7 Å². The van der Waals surface area contributed by atoms with Crippen molar-refractivity contribution in [2.24, 2.45) is 0 Å². The number of carbonyl (C=O) groups excluding carboxylic acids is 1. The minimum absolute atomic E-state index is 0.0179. The Morgan fingerprint density at radius 3 is 2.26 bits per heavy atom. The number of hydroxylamine groups is 1. The zero-order chi connectivity index (χ0) is 25.5. The lowest BCUT2D eigenvalue weighted by molar-refractivity contribution is -0.139. The van der Waals surface area contributed by atoms with Crippen LogP contribution in [0.15, 0.2) is 55.1 Å². The number of ether oxygens (including phenoxy) is 2. The second-order valence-corrected chi connectivity index (χ2v) is 6.59. The first-order chi connectivity index (χ1) is 16.5. The first kappa shape index (κ1) is 28.6. The van der Waals surface area contributed by atoms with Gasteiger partial charge in [0.25, 0.3) is 0 Å². The topological polar surface area (TPSA) is 81.7 Å². The van der Waals surface area contributed by atoms with Gasteiger partial charge in [-0.15, -0.1) is 0 Å². The van der Waals surface area contributed by atoms with Crippen LogP contribution in [-0.2, 0) is 20.9 Å². The number of para-hydroxylation sites is 1. The Hall–Kier alpha value is -3.42. The number of methoxy groups -OCH3 is 1. The minimum Gasteiger partial charge on any atom is -0.468 e. The predicted octanol–water partition coefficient (Wildman–Crippen LogP) is 5.77. The van der Waals surface area contributed by atoms with Gasteiger partial charge < -0.3 is 19.6 Å². The van der Waals surface area contributed by atoms with Crippen LogP contribution in [0.25, 0.3) is 16.5 Å². The quantitative estimate of drug-likeness (QED) is 0.305. The van der Waals surface area contributed by atoms with Gasteiger partial charge in [0, 0.05) is 5.39 Å². The van der Waals surface area contributed by atoms with E-state index in [1.807, 2.05) is 83.1 Å². The average molecular weight is 468 g/mol. The monoisotopic (exact) mass is 467 g/mol. The molecule has 0 radical (unpaired) electrons. The number of rotatable bonds is 9. The second kappa shape index (κ2) is 15.4. The molecule has 184 valence electrons. The van der Waals surface area contributed by atoms with Crippen molar-refractivity contribution in [2.45, 2.75) is 41.2 Å². The Labute approximate surface area is 203 Å². The molecule has 0 amide bonds. The third kappa shape index (κ3) is 7.86. The highest BCUT2D eigenvalue weighted by molar-refractivity contribution is 5.91. The fraction of sp³-hybridized carbons (Fsp3) is 0.333. The molecular weight excluding hydrogens is 430 g/mol. The third-order valence-electron chi connectivity index (χ3n) is 4.63. The first-order valence-electron chi connectivity index (χ1n) is 11.5. The number of hydrogen-bond acceptors (Lipinski definition) is 7. The third-order valence-corrected chi connectivity index (χ3v) is 4.63. The van der Waals surface area contributed by atoms with Crippen LogP contribution >= 0.6 is 0 Å². The zero-order valence-electron chi connectivity index (χ0n) is 21.3. The SMILES string of the molecule is C=C(NCC(=O)OC)c1nc(CNOC)c2cc(Oc3ccccc3)ccc2c1C.CC.CC. The summed E-state index contributed by atoms with van der Waals surface area (Å²) in [7, 11) is 2.90. The molecule has 0 aliphatic heterocycles. The number of benzene rings is 2. The molecule has 0 bridgehead atoms. The van der Waals surface area contributed by atoms with E-state index in [0.717, 1.165) is 27.8 Å². The van der Waals surface area contributed by atoms with Gasteiger partial charge in [-0.1, -0.05) is 58.5 Å². The Morgan fingerprint density at radius 2 is 1.65 bits per heavy atom. The van der Waals surface area contributed by atoms with Gasteiger partial charge in [-0.2, -0.15) is 5.48 Å². The Balaban J connectivity index is 0.00000137. The molecule has 2 aromatic carbocycles. The van der Waals surface area contributed by atoms with E-state index in [1.165, 1.54) is 7.11 Å². The van der Waals surface area contributed by atoms with Gasteiger partial charge in [0.15, 0.2) is 0 Å². The Kier molecular flexibility index (Phi) is 13.0. The van der Waals surface area contributed by atoms with Gasteiger partial charge in [0.05, 0.1) is 37.8 Å². The number of aromatic nitrogens is 1. The van der Waals surface area contributed by atoms with E-state index < -0.39 is 0 Å². The molecule has 0 fully saturated rings. The Bertz CT molecular complexity index is 1050. The molecule has 0 saturated heterocycles. The van der Waals surface area contributed by atoms with E-state index in [9.17, 15) is 4.79 Å². The van der Waals surface area contributed by atoms with Gasteiger partial charge in [-0.3, -0.25) is 4.79 Å². The van der Waals surface area contributed by atoms with Crippen molar-refractivity contribution >= 4 is 22.4 Å². The van der Waals surface area contributed by atoms with Crippen LogP contribution < -0.4 is 15.5 Å². The van der Waals surface area contributed by atoms with Gasteiger partial charge >= 0.3 is 5.97 Å². The van der Waals surface area contributed by atoms with E-state index in [1.54, 1.807) is 7.11 Å². The summed E-state index contributed by atoms with van der Waals surface area (Å²) in [4.78, 5) is 21.3. The molecule has 3 aromatic rings. The van der Waals surface area contributed by atoms with E-state index in [2.05, 4.69) is 22.1 Å². The molecule has 0 saturated carbocycles. The number of carbonyl (C=O) groups is 1. The molecular formula is C27H37N3O4. The van der Waals surface area contributed by atoms with Crippen molar-refractivity contribution in [2.75, 3.05) is 20.8 Å². The van der Waals surface area contributed by atoms with E-state index in [4.69, 9.17) is 14.6 Å². The molecule has 3 rings (SSSR count). The lowest BCUT2D eigenvalue weighted by Crippen LogP contribution is -2.23. The van der Waals surface area contributed by atoms with E-state index >= 15 is 0 Å². The van der Waals surface area contributed by atoms with Crippen LogP contribution in [-0.4, -0.2) is 31.7 Å². The van der Waals surface area contributed by atoms with Crippen LogP contribution in [0.1, 0.15) is 44.6 Å². The molecule has 7 heteroatoms. The maximum Gasteiger partial charge on any atom is 0.325 e. The highest BCUT2D eigenvalue weighted by Crippen LogP contribution is 2.31. The van der Waals surface area contributed by atoms with Gasteiger partial charge in [0.1, 0.15) is 18.0 Å². The van der Waals surface area contributed by atoms with E-state index in [-0.39, 0.29) is 12.5 Å². The molecule has 34 heavy (non-hydrogen) atoms. The number of fused-ring (bicyclic) bond motifs is 1. The molecule has 0 atom stereocenters. The summed E-state index contributed by atoms with van der Waals surface area (Å²) in [5.41, 5.74) is 5.78. The molecule has 0 aliphatic carbocycles. The summed E-state index contributed by atoms with van der Waals surface area (Å²) in [6.45, 7) is 14.4. The second-order valence-electron chi connectivity index (χ2n) is 6.59. The molecule has 0 aliphatic rings. The highest BCUT2D eigenvalue weighted by Gasteiger charge is 2.15. The van der Waals surface area contributed by atoms with Gasteiger partial charge in [0.2, 0.25) is 0 Å². The van der Waals surface area contributed by atoms with Gasteiger partial charge in [-0.25, -0.2) is 4.98 Å². The fourth-order valence-electron chi connectivity index (χ4n) is 3.09. The summed E-state index contributed by atoms with van der Waals surface area (Å²) < 4.78 is 10.7. The summed E-state index contributed by atoms with van der Waals surface area (Å²) in [5.74, 6) is 1.10. The number of pyridine rings is 1. The van der Waals surface area contributed by atoms with Crippen molar-refractivity contribution in [1.29, 1.82) is 0 Å². The summed E-state index contributed by atoms with van der Waals surface area (Å²) >= 11 is 0. The number of nitrogens with one attached hydrogen (secondary N) is 2. The van der Waals surface area contributed by atoms with Crippen LogP contribution in [0.2, 0.25) is 0 Å². The average Bonchev–Trinajstić information content (AvgIpc) is 2.89. The largest absolute Gasteiger partial charge is 0.468 e. The summed E-state index contributed by atoms with van der Waals surface area (Å²) in [5, 5.41) is 4.92. The molecule has 2 N–H and O–H groups in total. The van der Waals surface area contributed by atoms with Crippen LogP contribution in [0.5, 0.6) is 11.5 Å². The van der Waals surface area contributed by atoms with Crippen molar-refractivity contribution < 1.29 is 19.1 Å².